The molecule has 5 heteroatoms. The second-order valence-corrected chi connectivity index (χ2v) is 5.72. The van der Waals surface area contributed by atoms with Gasteiger partial charge in [0.1, 0.15) is 11.5 Å². The molecule has 0 bridgehead atoms. The van der Waals surface area contributed by atoms with Gasteiger partial charge in [-0.05, 0) is 48.9 Å². The summed E-state index contributed by atoms with van der Waals surface area (Å²) >= 11 is 3.35. The van der Waals surface area contributed by atoms with Gasteiger partial charge in [-0.2, -0.15) is 0 Å². The van der Waals surface area contributed by atoms with Gasteiger partial charge in [0.15, 0.2) is 6.61 Å². The van der Waals surface area contributed by atoms with Gasteiger partial charge < -0.3 is 14.8 Å². The van der Waals surface area contributed by atoms with E-state index in [4.69, 9.17) is 9.47 Å². The first kappa shape index (κ1) is 16.4. The molecular weight excluding hydrogens is 346 g/mol. The average Bonchev–Trinajstić information content (AvgIpc) is 2.54. The van der Waals surface area contributed by atoms with Crippen LogP contribution in [0.25, 0.3) is 0 Å². The van der Waals surface area contributed by atoms with E-state index in [1.54, 1.807) is 7.11 Å². The minimum Gasteiger partial charge on any atom is -0.497 e. The minimum absolute atomic E-state index is 0.0118. The lowest BCUT2D eigenvalue weighted by atomic mass is 10.1. The Labute approximate surface area is 138 Å². The zero-order chi connectivity index (χ0) is 15.9. The van der Waals surface area contributed by atoms with Crippen LogP contribution < -0.4 is 14.8 Å². The molecule has 0 aliphatic carbocycles. The maximum absolute atomic E-state index is 11.9. The first-order valence-corrected chi connectivity index (χ1v) is 7.69. The number of rotatable bonds is 6. The average molecular weight is 364 g/mol. The van der Waals surface area contributed by atoms with E-state index in [1.807, 2.05) is 55.5 Å². The molecule has 1 amide bonds. The minimum atomic E-state index is -0.161. The molecule has 2 aromatic carbocycles. The predicted octanol–water partition coefficient (Wildman–Crippen LogP) is 3.71. The molecule has 2 aromatic rings. The first-order chi connectivity index (χ1) is 10.6. The molecule has 0 aliphatic heterocycles. The smallest absolute Gasteiger partial charge is 0.258 e. The number of methoxy groups -OCH3 is 1. The monoisotopic (exact) mass is 363 g/mol. The molecule has 0 saturated carbocycles. The molecule has 1 atom stereocenters. The van der Waals surface area contributed by atoms with Crippen LogP contribution in [0.5, 0.6) is 11.5 Å². The molecule has 0 unspecified atom stereocenters. The van der Waals surface area contributed by atoms with Crippen LogP contribution in [-0.2, 0) is 4.79 Å². The van der Waals surface area contributed by atoms with Gasteiger partial charge in [0, 0.05) is 4.47 Å². The molecule has 0 radical (unpaired) electrons. The quantitative estimate of drug-likeness (QED) is 0.850. The van der Waals surface area contributed by atoms with Crippen molar-refractivity contribution in [3.63, 3.8) is 0 Å². The van der Waals surface area contributed by atoms with Crippen LogP contribution in [0.15, 0.2) is 53.0 Å². The third-order valence-electron chi connectivity index (χ3n) is 3.18. The Balaban J connectivity index is 1.83. The summed E-state index contributed by atoms with van der Waals surface area (Å²) in [6, 6.07) is 14.9. The molecule has 0 fully saturated rings. The molecule has 2 rings (SSSR count). The summed E-state index contributed by atoms with van der Waals surface area (Å²) in [7, 11) is 1.62. The highest BCUT2D eigenvalue weighted by Crippen LogP contribution is 2.18. The molecule has 4 nitrogen and oxygen atoms in total. The van der Waals surface area contributed by atoms with Crippen molar-refractivity contribution in [2.75, 3.05) is 13.7 Å². The van der Waals surface area contributed by atoms with Crippen molar-refractivity contribution < 1.29 is 14.3 Å². The summed E-state index contributed by atoms with van der Waals surface area (Å²) in [6.07, 6.45) is 0. The van der Waals surface area contributed by atoms with Gasteiger partial charge >= 0.3 is 0 Å². The number of ether oxygens (including phenoxy) is 2. The number of carbonyl (C=O) groups is 1. The lowest BCUT2D eigenvalue weighted by Gasteiger charge is -2.15. The number of benzene rings is 2. The molecule has 0 spiro atoms. The maximum atomic E-state index is 11.9. The Bertz CT molecular complexity index is 611. The summed E-state index contributed by atoms with van der Waals surface area (Å²) in [5.74, 6) is 1.29. The lowest BCUT2D eigenvalue weighted by molar-refractivity contribution is -0.123. The standard InChI is InChI=1S/C17H18BrNO3/c1-12(13-3-7-15(21-2)8-4-13)19-17(20)11-22-16-9-5-14(18)6-10-16/h3-10,12H,11H2,1-2H3,(H,19,20)/t12-/m0/s1. The fourth-order valence-electron chi connectivity index (χ4n) is 1.94. The molecule has 0 heterocycles. The number of nitrogens with one attached hydrogen (secondary N) is 1. The van der Waals surface area contributed by atoms with Gasteiger partial charge in [-0.1, -0.05) is 28.1 Å². The number of hydrogen-bond acceptors (Lipinski definition) is 3. The van der Waals surface area contributed by atoms with Crippen molar-refractivity contribution >= 4 is 21.8 Å². The van der Waals surface area contributed by atoms with Crippen molar-refractivity contribution in [3.8, 4) is 11.5 Å². The normalized spacial score (nSPS) is 11.6. The van der Waals surface area contributed by atoms with Crippen molar-refractivity contribution in [2.24, 2.45) is 0 Å². The summed E-state index contributed by atoms with van der Waals surface area (Å²) in [4.78, 5) is 11.9. The zero-order valence-corrected chi connectivity index (χ0v) is 14.1. The highest BCUT2D eigenvalue weighted by molar-refractivity contribution is 9.10. The van der Waals surface area contributed by atoms with Gasteiger partial charge in [-0.3, -0.25) is 4.79 Å². The maximum Gasteiger partial charge on any atom is 0.258 e. The highest BCUT2D eigenvalue weighted by atomic mass is 79.9. The lowest BCUT2D eigenvalue weighted by Crippen LogP contribution is -2.31. The van der Waals surface area contributed by atoms with Crippen LogP contribution in [0, 0.1) is 0 Å². The molecule has 0 aromatic heterocycles. The van der Waals surface area contributed by atoms with E-state index in [9.17, 15) is 4.79 Å². The zero-order valence-electron chi connectivity index (χ0n) is 12.5. The Hall–Kier alpha value is -2.01. The van der Waals surface area contributed by atoms with Gasteiger partial charge in [-0.25, -0.2) is 0 Å². The first-order valence-electron chi connectivity index (χ1n) is 6.90. The van der Waals surface area contributed by atoms with E-state index in [0.29, 0.717) is 5.75 Å². The van der Waals surface area contributed by atoms with E-state index in [-0.39, 0.29) is 18.6 Å². The van der Waals surface area contributed by atoms with Crippen molar-refractivity contribution in [1.82, 2.24) is 5.32 Å². The fourth-order valence-corrected chi connectivity index (χ4v) is 2.20. The third kappa shape index (κ3) is 4.77. The van der Waals surface area contributed by atoms with Crippen LogP contribution in [-0.4, -0.2) is 19.6 Å². The molecule has 0 saturated heterocycles. The summed E-state index contributed by atoms with van der Waals surface area (Å²) in [6.45, 7) is 1.92. The second-order valence-electron chi connectivity index (χ2n) is 4.80. The summed E-state index contributed by atoms with van der Waals surface area (Å²) < 4.78 is 11.5. The van der Waals surface area contributed by atoms with E-state index < -0.39 is 0 Å². The molecule has 116 valence electrons. The van der Waals surface area contributed by atoms with Crippen molar-refractivity contribution in [2.45, 2.75) is 13.0 Å². The number of carbonyl (C=O) groups excluding carboxylic acids is 1. The molecule has 22 heavy (non-hydrogen) atoms. The number of hydrogen-bond donors (Lipinski definition) is 1. The van der Waals surface area contributed by atoms with Crippen LogP contribution >= 0.6 is 15.9 Å². The molecular formula is C17H18BrNO3. The van der Waals surface area contributed by atoms with Crippen molar-refractivity contribution in [3.05, 3.63) is 58.6 Å². The Morgan fingerprint density at radius 1 is 1.09 bits per heavy atom. The van der Waals surface area contributed by atoms with E-state index in [2.05, 4.69) is 21.2 Å². The van der Waals surface area contributed by atoms with Crippen LogP contribution in [0.3, 0.4) is 0 Å². The Morgan fingerprint density at radius 2 is 1.68 bits per heavy atom. The summed E-state index contributed by atoms with van der Waals surface area (Å²) in [5, 5.41) is 2.90. The van der Waals surface area contributed by atoms with E-state index in [0.717, 1.165) is 15.8 Å². The SMILES string of the molecule is COc1ccc([C@H](C)NC(=O)COc2ccc(Br)cc2)cc1. The van der Waals surface area contributed by atoms with Crippen LogP contribution in [0.1, 0.15) is 18.5 Å². The fraction of sp³-hybridized carbons (Fsp3) is 0.235. The van der Waals surface area contributed by atoms with Gasteiger partial charge in [-0.15, -0.1) is 0 Å². The van der Waals surface area contributed by atoms with E-state index >= 15 is 0 Å². The Kier molecular flexibility index (Phi) is 5.83. The topological polar surface area (TPSA) is 47.6 Å². The third-order valence-corrected chi connectivity index (χ3v) is 3.71. The molecule has 1 N–H and O–H groups in total. The largest absolute Gasteiger partial charge is 0.497 e. The second kappa shape index (κ2) is 7.84. The van der Waals surface area contributed by atoms with Crippen molar-refractivity contribution in [1.29, 1.82) is 0 Å². The Morgan fingerprint density at radius 3 is 2.27 bits per heavy atom. The van der Waals surface area contributed by atoms with Crippen LogP contribution in [0.4, 0.5) is 0 Å². The predicted molar refractivity (Wildman–Crippen MR) is 89.2 cm³/mol. The van der Waals surface area contributed by atoms with Crippen LogP contribution in [0.2, 0.25) is 0 Å². The van der Waals surface area contributed by atoms with E-state index in [1.165, 1.54) is 0 Å². The number of amides is 1. The van der Waals surface area contributed by atoms with Gasteiger partial charge in [0.05, 0.1) is 13.2 Å². The summed E-state index contributed by atoms with van der Waals surface area (Å²) in [5.41, 5.74) is 1.01. The number of halogens is 1. The highest BCUT2D eigenvalue weighted by Gasteiger charge is 2.10. The molecule has 0 aliphatic rings. The van der Waals surface area contributed by atoms with Gasteiger partial charge in [0.25, 0.3) is 5.91 Å². The van der Waals surface area contributed by atoms with Gasteiger partial charge in [0.2, 0.25) is 0 Å².